The third-order valence-electron chi connectivity index (χ3n) is 2.40. The summed E-state index contributed by atoms with van der Waals surface area (Å²) in [5, 5.41) is 13.9. The highest BCUT2D eigenvalue weighted by molar-refractivity contribution is 7.11. The van der Waals surface area contributed by atoms with E-state index in [1.807, 2.05) is 0 Å². The summed E-state index contributed by atoms with van der Waals surface area (Å²) in [5.41, 5.74) is 0. The molecule has 0 radical (unpaired) electrons. The molecule has 0 fully saturated rings. The number of hydrogen-bond donors (Lipinski definition) is 1. The fourth-order valence-electron chi connectivity index (χ4n) is 1.04. The van der Waals surface area contributed by atoms with E-state index in [9.17, 15) is 0 Å². The largest absolute Gasteiger partial charge is 0.311 e. The van der Waals surface area contributed by atoms with Gasteiger partial charge in [-0.2, -0.15) is 0 Å². The summed E-state index contributed by atoms with van der Waals surface area (Å²) in [6, 6.07) is 0. The fourth-order valence-corrected chi connectivity index (χ4v) is 2.08. The van der Waals surface area contributed by atoms with Crippen molar-refractivity contribution >= 4 is 11.3 Å². The molecule has 0 saturated heterocycles. The van der Waals surface area contributed by atoms with Crippen molar-refractivity contribution in [1.82, 2.24) is 15.5 Å². The number of rotatable bonds is 5. The van der Waals surface area contributed by atoms with E-state index in [2.05, 4.69) is 43.2 Å². The standard InChI is InChI=1S/C10H19N3S/c1-5-11-6-9-12-13-10(14-9)8(4)7(2)3/h7-8,11H,5-6H2,1-4H3. The van der Waals surface area contributed by atoms with Crippen LogP contribution in [0.3, 0.4) is 0 Å². The number of aromatic nitrogens is 2. The van der Waals surface area contributed by atoms with Gasteiger partial charge < -0.3 is 5.32 Å². The first-order valence-corrected chi connectivity index (χ1v) is 5.99. The quantitative estimate of drug-likeness (QED) is 0.816. The number of nitrogens with one attached hydrogen (secondary N) is 1. The molecule has 0 saturated carbocycles. The molecule has 3 nitrogen and oxygen atoms in total. The van der Waals surface area contributed by atoms with Gasteiger partial charge in [0.05, 0.1) is 0 Å². The lowest BCUT2D eigenvalue weighted by molar-refractivity contribution is 0.529. The lowest BCUT2D eigenvalue weighted by atomic mass is 9.99. The highest BCUT2D eigenvalue weighted by Crippen LogP contribution is 2.26. The van der Waals surface area contributed by atoms with E-state index < -0.39 is 0 Å². The lowest BCUT2D eigenvalue weighted by Crippen LogP contribution is -2.11. The summed E-state index contributed by atoms with van der Waals surface area (Å²) in [6.45, 7) is 10.6. The van der Waals surface area contributed by atoms with Crippen LogP contribution < -0.4 is 5.32 Å². The molecule has 0 aliphatic carbocycles. The third-order valence-corrected chi connectivity index (χ3v) is 3.52. The van der Waals surface area contributed by atoms with Crippen LogP contribution in [0, 0.1) is 5.92 Å². The van der Waals surface area contributed by atoms with Gasteiger partial charge in [-0.25, -0.2) is 0 Å². The van der Waals surface area contributed by atoms with E-state index in [0.717, 1.165) is 23.1 Å². The second-order valence-electron chi connectivity index (χ2n) is 3.85. The normalized spacial score (nSPS) is 13.5. The third kappa shape index (κ3) is 3.03. The monoisotopic (exact) mass is 213 g/mol. The first kappa shape index (κ1) is 11.6. The highest BCUT2D eigenvalue weighted by Gasteiger charge is 2.14. The Morgan fingerprint density at radius 2 is 2.00 bits per heavy atom. The molecule has 14 heavy (non-hydrogen) atoms. The molecule has 1 N–H and O–H groups in total. The van der Waals surface area contributed by atoms with Gasteiger partial charge >= 0.3 is 0 Å². The van der Waals surface area contributed by atoms with Crippen molar-refractivity contribution in [2.24, 2.45) is 5.92 Å². The minimum absolute atomic E-state index is 0.517. The molecule has 0 spiro atoms. The summed E-state index contributed by atoms with van der Waals surface area (Å²) < 4.78 is 0. The van der Waals surface area contributed by atoms with Gasteiger partial charge in [-0.15, -0.1) is 10.2 Å². The molecule has 0 aliphatic heterocycles. The molecule has 0 aliphatic rings. The van der Waals surface area contributed by atoms with Gasteiger partial charge in [0, 0.05) is 12.5 Å². The summed E-state index contributed by atoms with van der Waals surface area (Å²) in [7, 11) is 0. The second-order valence-corrected chi connectivity index (χ2v) is 4.94. The summed E-state index contributed by atoms with van der Waals surface area (Å²) in [6.07, 6.45) is 0. The van der Waals surface area contributed by atoms with E-state index in [-0.39, 0.29) is 0 Å². The Bertz CT molecular complexity index is 270. The Labute approximate surface area is 89.9 Å². The molecular weight excluding hydrogens is 194 g/mol. The Kier molecular flexibility index (Phi) is 4.48. The van der Waals surface area contributed by atoms with Crippen LogP contribution in [0.25, 0.3) is 0 Å². The summed E-state index contributed by atoms with van der Waals surface area (Å²) in [5.74, 6) is 1.15. The Hall–Kier alpha value is -0.480. The molecule has 4 heteroatoms. The Morgan fingerprint density at radius 1 is 1.29 bits per heavy atom. The maximum atomic E-state index is 4.22. The molecule has 1 rings (SSSR count). The van der Waals surface area contributed by atoms with Crippen molar-refractivity contribution in [3.05, 3.63) is 10.0 Å². The SMILES string of the molecule is CCNCc1nnc(C(C)C(C)C)s1. The molecule has 0 aromatic carbocycles. The van der Waals surface area contributed by atoms with Crippen LogP contribution in [0.5, 0.6) is 0 Å². The lowest BCUT2D eigenvalue weighted by Gasteiger charge is -2.10. The predicted octanol–water partition coefficient (Wildman–Crippen LogP) is 2.41. The Morgan fingerprint density at radius 3 is 2.57 bits per heavy atom. The van der Waals surface area contributed by atoms with Crippen LogP contribution in [0.1, 0.15) is 43.6 Å². The fraction of sp³-hybridized carbons (Fsp3) is 0.800. The van der Waals surface area contributed by atoms with Gasteiger partial charge in [0.15, 0.2) is 0 Å². The van der Waals surface area contributed by atoms with Crippen LogP contribution in [0.4, 0.5) is 0 Å². The van der Waals surface area contributed by atoms with E-state index in [1.165, 1.54) is 0 Å². The average Bonchev–Trinajstić information content (AvgIpc) is 2.61. The van der Waals surface area contributed by atoms with Gasteiger partial charge in [0.25, 0.3) is 0 Å². The maximum Gasteiger partial charge on any atom is 0.131 e. The van der Waals surface area contributed by atoms with Crippen molar-refractivity contribution in [2.75, 3.05) is 6.54 Å². The van der Waals surface area contributed by atoms with Crippen LogP contribution in [0.15, 0.2) is 0 Å². The minimum atomic E-state index is 0.517. The van der Waals surface area contributed by atoms with Crippen molar-refractivity contribution in [1.29, 1.82) is 0 Å². The van der Waals surface area contributed by atoms with Crippen LogP contribution in [-0.4, -0.2) is 16.7 Å². The first-order valence-electron chi connectivity index (χ1n) is 5.18. The number of hydrogen-bond acceptors (Lipinski definition) is 4. The van der Waals surface area contributed by atoms with Gasteiger partial charge in [0.1, 0.15) is 10.0 Å². The Balaban J connectivity index is 2.58. The van der Waals surface area contributed by atoms with Gasteiger partial charge in [-0.3, -0.25) is 0 Å². The molecular formula is C10H19N3S. The van der Waals surface area contributed by atoms with Crippen molar-refractivity contribution in [3.63, 3.8) is 0 Å². The van der Waals surface area contributed by atoms with Crippen molar-refractivity contribution in [3.8, 4) is 0 Å². The zero-order valence-corrected chi connectivity index (χ0v) is 10.2. The summed E-state index contributed by atoms with van der Waals surface area (Å²) >= 11 is 1.72. The van der Waals surface area contributed by atoms with Crippen LogP contribution in [0.2, 0.25) is 0 Å². The average molecular weight is 213 g/mol. The van der Waals surface area contributed by atoms with Gasteiger partial charge in [-0.05, 0) is 12.5 Å². The second kappa shape index (κ2) is 5.41. The number of nitrogens with zero attached hydrogens (tertiary/aromatic N) is 2. The molecule has 80 valence electrons. The van der Waals surface area contributed by atoms with E-state index >= 15 is 0 Å². The van der Waals surface area contributed by atoms with Crippen molar-refractivity contribution in [2.45, 2.75) is 40.2 Å². The van der Waals surface area contributed by atoms with E-state index in [4.69, 9.17) is 0 Å². The molecule has 0 amide bonds. The smallest absolute Gasteiger partial charge is 0.131 e. The zero-order chi connectivity index (χ0) is 10.6. The highest BCUT2D eigenvalue weighted by atomic mass is 32.1. The first-order chi connectivity index (χ1) is 6.65. The maximum absolute atomic E-state index is 4.22. The van der Waals surface area contributed by atoms with Crippen LogP contribution in [-0.2, 0) is 6.54 Å². The van der Waals surface area contributed by atoms with E-state index in [1.54, 1.807) is 11.3 Å². The minimum Gasteiger partial charge on any atom is -0.311 e. The topological polar surface area (TPSA) is 37.8 Å². The van der Waals surface area contributed by atoms with Gasteiger partial charge in [0.2, 0.25) is 0 Å². The van der Waals surface area contributed by atoms with Gasteiger partial charge in [-0.1, -0.05) is 39.0 Å². The molecule has 1 unspecified atom stereocenters. The van der Waals surface area contributed by atoms with Crippen molar-refractivity contribution < 1.29 is 0 Å². The summed E-state index contributed by atoms with van der Waals surface area (Å²) in [4.78, 5) is 0. The van der Waals surface area contributed by atoms with E-state index in [0.29, 0.717) is 11.8 Å². The molecule has 1 heterocycles. The molecule has 1 atom stereocenters. The van der Waals surface area contributed by atoms with Crippen LogP contribution >= 0.6 is 11.3 Å². The zero-order valence-electron chi connectivity index (χ0n) is 9.37. The molecule has 0 bridgehead atoms. The molecule has 1 aromatic rings. The predicted molar refractivity (Wildman–Crippen MR) is 60.5 cm³/mol. The molecule has 1 aromatic heterocycles.